The van der Waals surface area contributed by atoms with Gasteiger partial charge in [0, 0.05) is 18.2 Å². The summed E-state index contributed by atoms with van der Waals surface area (Å²) in [7, 11) is 1.44. The quantitative estimate of drug-likeness (QED) is 0.374. The van der Waals surface area contributed by atoms with Gasteiger partial charge in [0.1, 0.15) is 16.9 Å². The van der Waals surface area contributed by atoms with E-state index in [1.807, 2.05) is 0 Å². The lowest BCUT2D eigenvalue weighted by atomic mass is 10.1. The second-order valence-electron chi connectivity index (χ2n) is 4.72. The van der Waals surface area contributed by atoms with Crippen molar-refractivity contribution >= 4 is 11.0 Å². The third-order valence-electron chi connectivity index (χ3n) is 3.27. The molecule has 0 spiro atoms. The standard InChI is InChI=1S/C16H12O6.BrH/c1-21-14-5-9(17)6-15-10(14)7-13(20)16(22-15)8-2-3-11(18)12(19)4-8;/h2-7H,1H3,(H3-,17,18,19,20);1H. The molecule has 6 nitrogen and oxygen atoms in total. The molecule has 1 heterocycles. The zero-order chi connectivity index (χ0) is 15.9. The lowest BCUT2D eigenvalue weighted by molar-refractivity contribution is -0.00000892. The number of phenolic OH excluding ortho intramolecular Hbond substituents is 3. The second-order valence-corrected chi connectivity index (χ2v) is 4.72. The van der Waals surface area contributed by atoms with Gasteiger partial charge in [0.15, 0.2) is 11.5 Å². The van der Waals surface area contributed by atoms with Crippen LogP contribution in [0.15, 0.2) is 40.8 Å². The Labute approximate surface area is 141 Å². The van der Waals surface area contributed by atoms with Gasteiger partial charge >= 0.3 is 11.3 Å². The molecular weight excluding hydrogens is 368 g/mol. The van der Waals surface area contributed by atoms with Crippen LogP contribution in [-0.4, -0.2) is 27.5 Å². The molecule has 7 heteroatoms. The van der Waals surface area contributed by atoms with Gasteiger partial charge in [0.25, 0.3) is 0 Å². The van der Waals surface area contributed by atoms with E-state index < -0.39 is 0 Å². The molecule has 0 aliphatic rings. The molecule has 0 saturated carbocycles. The number of hydrogen-bond acceptors (Lipinski definition) is 5. The summed E-state index contributed by atoms with van der Waals surface area (Å²) in [6, 6.07) is 8.27. The molecule has 2 aromatic carbocycles. The highest BCUT2D eigenvalue weighted by Gasteiger charge is 2.24. The Morgan fingerprint density at radius 1 is 0.870 bits per heavy atom. The molecular formula is C16H13BrO6. The molecule has 120 valence electrons. The van der Waals surface area contributed by atoms with Crippen LogP contribution in [0.1, 0.15) is 0 Å². The van der Waals surface area contributed by atoms with E-state index in [-0.39, 0.29) is 45.7 Å². The van der Waals surface area contributed by atoms with Crippen LogP contribution in [0.2, 0.25) is 0 Å². The fourth-order valence-electron chi connectivity index (χ4n) is 2.22. The van der Waals surface area contributed by atoms with E-state index in [1.165, 1.54) is 43.5 Å². The maximum atomic E-state index is 10.2. The van der Waals surface area contributed by atoms with Crippen LogP contribution in [0.4, 0.5) is 0 Å². The third-order valence-corrected chi connectivity index (χ3v) is 3.27. The monoisotopic (exact) mass is 380 g/mol. The number of halogens is 1. The van der Waals surface area contributed by atoms with Crippen molar-refractivity contribution in [3.8, 4) is 40.1 Å². The molecule has 0 aliphatic heterocycles. The summed E-state index contributed by atoms with van der Waals surface area (Å²) in [5.74, 6) is -0.367. The number of phenols is 3. The Morgan fingerprint density at radius 3 is 2.26 bits per heavy atom. The van der Waals surface area contributed by atoms with Crippen LogP contribution in [-0.2, 0) is 0 Å². The first-order valence-electron chi connectivity index (χ1n) is 6.39. The predicted molar refractivity (Wildman–Crippen MR) is 79.3 cm³/mol. The van der Waals surface area contributed by atoms with Crippen LogP contribution in [0, 0.1) is 0 Å². The number of fused-ring (bicyclic) bond motifs is 1. The lowest BCUT2D eigenvalue weighted by Gasteiger charge is -2.03. The first-order chi connectivity index (χ1) is 10.5. The van der Waals surface area contributed by atoms with E-state index >= 15 is 0 Å². The minimum absolute atomic E-state index is 0. The molecule has 0 unspecified atom stereocenters. The Kier molecular flexibility index (Phi) is 4.51. The topological polar surface area (TPSA) is 101 Å². The van der Waals surface area contributed by atoms with Crippen molar-refractivity contribution in [3.05, 3.63) is 36.4 Å². The number of methoxy groups -OCH3 is 1. The second kappa shape index (κ2) is 6.21. The van der Waals surface area contributed by atoms with E-state index in [0.717, 1.165) is 0 Å². The number of rotatable bonds is 2. The van der Waals surface area contributed by atoms with Gasteiger partial charge in [-0.25, -0.2) is 4.42 Å². The Balaban J connectivity index is 0.00000192. The minimum atomic E-state index is -0.333. The largest absolute Gasteiger partial charge is 1.00 e. The maximum Gasteiger partial charge on any atom is 0.402 e. The molecule has 0 aliphatic carbocycles. The van der Waals surface area contributed by atoms with Gasteiger partial charge in [-0.15, -0.1) is 0 Å². The van der Waals surface area contributed by atoms with Crippen LogP contribution >= 0.6 is 0 Å². The Hall–Kier alpha value is -2.67. The van der Waals surface area contributed by atoms with E-state index in [4.69, 9.17) is 9.15 Å². The van der Waals surface area contributed by atoms with Crippen molar-refractivity contribution in [1.82, 2.24) is 0 Å². The maximum absolute atomic E-state index is 10.2. The van der Waals surface area contributed by atoms with Gasteiger partial charge in [-0.2, -0.15) is 0 Å². The first-order valence-corrected chi connectivity index (χ1v) is 6.39. The van der Waals surface area contributed by atoms with Crippen molar-refractivity contribution < 1.29 is 46.6 Å². The average molecular weight is 381 g/mol. The van der Waals surface area contributed by atoms with Crippen LogP contribution in [0.5, 0.6) is 28.7 Å². The molecule has 1 aromatic heterocycles. The molecule has 0 radical (unpaired) electrons. The zero-order valence-corrected chi connectivity index (χ0v) is 13.5. The van der Waals surface area contributed by atoms with Gasteiger partial charge in [-0.3, -0.25) is 0 Å². The highest BCUT2D eigenvalue weighted by Crippen LogP contribution is 2.40. The number of hydrogen-bond donors (Lipinski definition) is 4. The molecule has 0 saturated heterocycles. The highest BCUT2D eigenvalue weighted by molar-refractivity contribution is 5.88. The van der Waals surface area contributed by atoms with Crippen molar-refractivity contribution in [2.24, 2.45) is 0 Å². The van der Waals surface area contributed by atoms with Crippen LogP contribution < -0.4 is 21.7 Å². The Bertz CT molecular complexity index is 878. The molecule has 4 N–H and O–H groups in total. The summed E-state index contributed by atoms with van der Waals surface area (Å²) in [6.07, 6.45) is 0. The SMILES string of the molecule is COc1cc(O)cc2[o+]c(-c3ccc(O)c(O)c3)c(O)cc12.[Br-]. The van der Waals surface area contributed by atoms with Gasteiger partial charge in [-0.05, 0) is 12.1 Å². The highest BCUT2D eigenvalue weighted by atomic mass is 79.9. The van der Waals surface area contributed by atoms with Crippen molar-refractivity contribution in [3.63, 3.8) is 0 Å². The van der Waals surface area contributed by atoms with E-state index in [1.54, 1.807) is 0 Å². The van der Waals surface area contributed by atoms with Crippen molar-refractivity contribution in [2.75, 3.05) is 7.11 Å². The molecule has 3 rings (SSSR count). The average Bonchev–Trinajstić information content (AvgIpc) is 2.49. The zero-order valence-electron chi connectivity index (χ0n) is 11.9. The van der Waals surface area contributed by atoms with Gasteiger partial charge in [0.05, 0.1) is 18.7 Å². The van der Waals surface area contributed by atoms with Gasteiger partial charge in [-0.1, -0.05) is 0 Å². The normalized spacial score (nSPS) is 10.3. The van der Waals surface area contributed by atoms with E-state index in [2.05, 4.69) is 0 Å². The van der Waals surface area contributed by atoms with Crippen molar-refractivity contribution in [1.29, 1.82) is 0 Å². The van der Waals surface area contributed by atoms with Gasteiger partial charge < -0.3 is 42.1 Å². The molecule has 23 heavy (non-hydrogen) atoms. The molecule has 0 atom stereocenters. The smallest absolute Gasteiger partial charge is 0.402 e. The molecule has 3 aromatic rings. The van der Waals surface area contributed by atoms with Crippen LogP contribution in [0.3, 0.4) is 0 Å². The summed E-state index contributed by atoms with van der Waals surface area (Å²) in [5.41, 5.74) is 0.675. The number of aromatic hydroxyl groups is 4. The molecule has 0 fully saturated rings. The minimum Gasteiger partial charge on any atom is -1.00 e. The number of benzene rings is 2. The summed E-state index contributed by atoms with van der Waals surface area (Å²) in [6.45, 7) is 0. The molecule has 0 amide bonds. The molecule has 0 bridgehead atoms. The number of ether oxygens (including phenoxy) is 1. The lowest BCUT2D eigenvalue weighted by Crippen LogP contribution is -3.00. The fraction of sp³-hybridized carbons (Fsp3) is 0.0625. The van der Waals surface area contributed by atoms with Gasteiger partial charge in [0.2, 0.25) is 5.75 Å². The van der Waals surface area contributed by atoms with Crippen molar-refractivity contribution in [2.45, 2.75) is 0 Å². The first kappa shape index (κ1) is 16.7. The fourth-order valence-corrected chi connectivity index (χ4v) is 2.22. The summed E-state index contributed by atoms with van der Waals surface area (Å²) >= 11 is 0. The van der Waals surface area contributed by atoms with E-state index in [9.17, 15) is 20.4 Å². The summed E-state index contributed by atoms with van der Waals surface area (Å²) < 4.78 is 10.8. The third kappa shape index (κ3) is 2.95. The van der Waals surface area contributed by atoms with E-state index in [0.29, 0.717) is 22.3 Å². The Morgan fingerprint density at radius 2 is 1.61 bits per heavy atom. The predicted octanol–water partition coefficient (Wildman–Crippen LogP) is 0.216. The van der Waals surface area contributed by atoms with Crippen LogP contribution in [0.25, 0.3) is 22.3 Å². The summed E-state index contributed by atoms with van der Waals surface area (Å²) in [4.78, 5) is 0. The summed E-state index contributed by atoms with van der Waals surface area (Å²) in [5, 5.41) is 39.2.